The van der Waals surface area contributed by atoms with Gasteiger partial charge in [-0.25, -0.2) is 0 Å². The van der Waals surface area contributed by atoms with E-state index in [9.17, 15) is 0 Å². The average molecular weight is 263 g/mol. The number of hydrogen-bond donors (Lipinski definition) is 1. The molecule has 0 saturated heterocycles. The van der Waals surface area contributed by atoms with Crippen molar-refractivity contribution in [2.45, 2.75) is 38.6 Å². The molecule has 18 heavy (non-hydrogen) atoms. The lowest BCUT2D eigenvalue weighted by Crippen LogP contribution is -2.33. The molecule has 1 aromatic rings. The van der Waals surface area contributed by atoms with Gasteiger partial charge in [-0.2, -0.15) is 11.8 Å². The highest BCUT2D eigenvalue weighted by atomic mass is 32.2. The van der Waals surface area contributed by atoms with Crippen molar-refractivity contribution in [2.24, 2.45) is 5.92 Å². The molecule has 0 aliphatic heterocycles. The van der Waals surface area contributed by atoms with Crippen LogP contribution >= 0.6 is 11.8 Å². The number of benzene rings is 1. The summed E-state index contributed by atoms with van der Waals surface area (Å²) in [6.07, 6.45) is 7.38. The molecule has 1 aromatic carbocycles. The standard InChI is InChI=1S/C16H25NS/c1-3-11-17-16-14(10-12-18-2)9-8-13-6-4-5-7-15(13)16/h4-7,14,16-17H,3,8-12H2,1-2H3. The molecule has 0 fully saturated rings. The zero-order chi connectivity index (χ0) is 12.8. The second-order valence-corrected chi connectivity index (χ2v) is 6.20. The van der Waals surface area contributed by atoms with Crippen LogP contribution < -0.4 is 5.32 Å². The SMILES string of the molecule is CCCNC1c2ccccc2CCC1CCSC. The molecule has 0 radical (unpaired) electrons. The number of thioether (sulfide) groups is 1. The Morgan fingerprint density at radius 3 is 2.94 bits per heavy atom. The van der Waals surface area contributed by atoms with Gasteiger partial charge in [0.1, 0.15) is 0 Å². The van der Waals surface area contributed by atoms with Gasteiger partial charge < -0.3 is 5.32 Å². The Hall–Kier alpha value is -0.470. The smallest absolute Gasteiger partial charge is 0.0351 e. The lowest BCUT2D eigenvalue weighted by Gasteiger charge is -2.34. The van der Waals surface area contributed by atoms with Crippen molar-refractivity contribution in [2.75, 3.05) is 18.6 Å². The van der Waals surface area contributed by atoms with Crippen LogP contribution in [0.2, 0.25) is 0 Å². The predicted molar refractivity (Wildman–Crippen MR) is 82.3 cm³/mol. The van der Waals surface area contributed by atoms with E-state index < -0.39 is 0 Å². The number of nitrogens with one attached hydrogen (secondary N) is 1. The molecule has 0 amide bonds. The monoisotopic (exact) mass is 263 g/mol. The molecule has 2 heteroatoms. The summed E-state index contributed by atoms with van der Waals surface area (Å²) >= 11 is 1.97. The van der Waals surface area contributed by atoms with Gasteiger partial charge in [0.2, 0.25) is 0 Å². The molecule has 0 heterocycles. The predicted octanol–water partition coefficient (Wildman–Crippen LogP) is 4.04. The lowest BCUT2D eigenvalue weighted by atomic mass is 9.78. The third kappa shape index (κ3) is 3.30. The third-order valence-electron chi connectivity index (χ3n) is 3.95. The summed E-state index contributed by atoms with van der Waals surface area (Å²) in [5.41, 5.74) is 3.12. The Kier molecular flexibility index (Phi) is 5.58. The molecule has 2 unspecified atom stereocenters. The topological polar surface area (TPSA) is 12.0 Å². The number of rotatable bonds is 6. The van der Waals surface area contributed by atoms with E-state index in [1.807, 2.05) is 11.8 Å². The second kappa shape index (κ2) is 7.20. The molecular weight excluding hydrogens is 238 g/mol. The average Bonchev–Trinajstić information content (AvgIpc) is 2.43. The van der Waals surface area contributed by atoms with Crippen molar-refractivity contribution in [3.05, 3.63) is 35.4 Å². The highest BCUT2D eigenvalue weighted by Gasteiger charge is 2.28. The van der Waals surface area contributed by atoms with Gasteiger partial charge in [0, 0.05) is 6.04 Å². The molecular formula is C16H25NS. The van der Waals surface area contributed by atoms with Crippen molar-refractivity contribution in [3.63, 3.8) is 0 Å². The first-order chi connectivity index (χ1) is 8.86. The van der Waals surface area contributed by atoms with Crippen LogP contribution in [0.3, 0.4) is 0 Å². The molecule has 1 N–H and O–H groups in total. The van der Waals surface area contributed by atoms with E-state index in [-0.39, 0.29) is 0 Å². The Bertz CT molecular complexity index is 364. The van der Waals surface area contributed by atoms with Gasteiger partial charge in [-0.15, -0.1) is 0 Å². The summed E-state index contributed by atoms with van der Waals surface area (Å²) in [6.45, 7) is 3.38. The van der Waals surface area contributed by atoms with Gasteiger partial charge in [-0.3, -0.25) is 0 Å². The van der Waals surface area contributed by atoms with Gasteiger partial charge in [0.15, 0.2) is 0 Å². The molecule has 2 rings (SSSR count). The van der Waals surface area contributed by atoms with Crippen LogP contribution in [0.25, 0.3) is 0 Å². The van der Waals surface area contributed by atoms with Crippen molar-refractivity contribution in [1.29, 1.82) is 0 Å². The van der Waals surface area contributed by atoms with Crippen molar-refractivity contribution >= 4 is 11.8 Å². The molecule has 0 aromatic heterocycles. The van der Waals surface area contributed by atoms with E-state index in [2.05, 4.69) is 42.8 Å². The molecule has 1 aliphatic carbocycles. The van der Waals surface area contributed by atoms with E-state index in [1.54, 1.807) is 11.1 Å². The van der Waals surface area contributed by atoms with Crippen molar-refractivity contribution < 1.29 is 0 Å². The molecule has 0 spiro atoms. The van der Waals surface area contributed by atoms with E-state index in [0.29, 0.717) is 6.04 Å². The van der Waals surface area contributed by atoms with E-state index >= 15 is 0 Å². The summed E-state index contributed by atoms with van der Waals surface area (Å²) in [7, 11) is 0. The first kappa shape index (κ1) is 14.0. The van der Waals surface area contributed by atoms with Gasteiger partial charge in [-0.05, 0) is 61.3 Å². The van der Waals surface area contributed by atoms with Crippen LogP contribution in [0.5, 0.6) is 0 Å². The van der Waals surface area contributed by atoms with Crippen LogP contribution in [-0.4, -0.2) is 18.6 Å². The number of hydrogen-bond acceptors (Lipinski definition) is 2. The van der Waals surface area contributed by atoms with Crippen LogP contribution in [0.1, 0.15) is 43.4 Å². The van der Waals surface area contributed by atoms with Crippen LogP contribution in [0.15, 0.2) is 24.3 Å². The summed E-state index contributed by atoms with van der Waals surface area (Å²) in [4.78, 5) is 0. The largest absolute Gasteiger partial charge is 0.310 e. The minimum Gasteiger partial charge on any atom is -0.310 e. The molecule has 0 saturated carbocycles. The Morgan fingerprint density at radius 1 is 1.33 bits per heavy atom. The van der Waals surface area contributed by atoms with Crippen molar-refractivity contribution in [3.8, 4) is 0 Å². The Morgan fingerprint density at radius 2 is 2.17 bits per heavy atom. The Balaban J connectivity index is 2.13. The van der Waals surface area contributed by atoms with Crippen molar-refractivity contribution in [1.82, 2.24) is 5.32 Å². The minimum atomic E-state index is 0.585. The molecule has 0 bridgehead atoms. The fourth-order valence-corrected chi connectivity index (χ4v) is 3.52. The van der Waals surface area contributed by atoms with E-state index in [1.165, 1.54) is 31.4 Å². The zero-order valence-corrected chi connectivity index (χ0v) is 12.4. The number of fused-ring (bicyclic) bond motifs is 1. The van der Waals surface area contributed by atoms with Gasteiger partial charge >= 0.3 is 0 Å². The second-order valence-electron chi connectivity index (χ2n) is 5.21. The van der Waals surface area contributed by atoms with Gasteiger partial charge in [-0.1, -0.05) is 31.2 Å². The molecule has 1 aliphatic rings. The maximum atomic E-state index is 3.78. The van der Waals surface area contributed by atoms with Crippen LogP contribution in [0.4, 0.5) is 0 Å². The first-order valence-electron chi connectivity index (χ1n) is 7.17. The summed E-state index contributed by atoms with van der Waals surface area (Å²) < 4.78 is 0. The highest BCUT2D eigenvalue weighted by molar-refractivity contribution is 7.98. The maximum Gasteiger partial charge on any atom is 0.0351 e. The van der Waals surface area contributed by atoms with E-state index in [0.717, 1.165) is 12.5 Å². The maximum absolute atomic E-state index is 3.78. The zero-order valence-electron chi connectivity index (χ0n) is 11.6. The Labute approximate surface area is 116 Å². The highest BCUT2D eigenvalue weighted by Crippen LogP contribution is 2.36. The lowest BCUT2D eigenvalue weighted by molar-refractivity contribution is 0.314. The molecule has 100 valence electrons. The van der Waals surface area contributed by atoms with E-state index in [4.69, 9.17) is 0 Å². The van der Waals surface area contributed by atoms with Gasteiger partial charge in [0.05, 0.1) is 0 Å². The molecule has 1 nitrogen and oxygen atoms in total. The fourth-order valence-electron chi connectivity index (χ4n) is 2.98. The van der Waals surface area contributed by atoms with Crippen LogP contribution in [0, 0.1) is 5.92 Å². The summed E-state index contributed by atoms with van der Waals surface area (Å²) in [5.74, 6) is 2.11. The number of aryl methyl sites for hydroxylation is 1. The molecule has 2 atom stereocenters. The summed E-state index contributed by atoms with van der Waals surface area (Å²) in [5, 5.41) is 3.78. The van der Waals surface area contributed by atoms with Crippen LogP contribution in [-0.2, 0) is 6.42 Å². The minimum absolute atomic E-state index is 0.585. The fraction of sp³-hybridized carbons (Fsp3) is 0.625. The normalized spacial score (nSPS) is 22.8. The first-order valence-corrected chi connectivity index (χ1v) is 8.56. The third-order valence-corrected chi connectivity index (χ3v) is 4.60. The summed E-state index contributed by atoms with van der Waals surface area (Å²) in [6, 6.07) is 9.59. The van der Waals surface area contributed by atoms with Gasteiger partial charge in [0.25, 0.3) is 0 Å². The quantitative estimate of drug-likeness (QED) is 0.831.